The third-order valence-corrected chi connectivity index (χ3v) is 10.2. The summed E-state index contributed by atoms with van der Waals surface area (Å²) in [5, 5.41) is 18.4. The number of nitrogens with zero attached hydrogens (tertiary/aromatic N) is 1. The van der Waals surface area contributed by atoms with Crippen LogP contribution in [0.2, 0.25) is 0 Å². The first kappa shape index (κ1) is 31.9. The van der Waals surface area contributed by atoms with Gasteiger partial charge in [0.25, 0.3) is 6.47 Å². The van der Waals surface area contributed by atoms with Crippen LogP contribution in [0.15, 0.2) is 0 Å². The van der Waals surface area contributed by atoms with Crippen LogP contribution in [0.1, 0.15) is 105 Å². The van der Waals surface area contributed by atoms with Crippen molar-refractivity contribution >= 4 is 24.4 Å². The van der Waals surface area contributed by atoms with Crippen molar-refractivity contribution in [1.82, 2.24) is 0 Å². The van der Waals surface area contributed by atoms with Crippen molar-refractivity contribution in [3.63, 3.8) is 0 Å². The summed E-state index contributed by atoms with van der Waals surface area (Å²) in [4.78, 5) is 45.7. The lowest BCUT2D eigenvalue weighted by atomic mass is 9.46. The predicted octanol–water partition coefficient (Wildman–Crippen LogP) is 5.45. The number of hydrogen-bond acceptors (Lipinski definition) is 8. The molecule has 1 N–H and O–H groups in total. The van der Waals surface area contributed by atoms with Crippen LogP contribution in [-0.4, -0.2) is 47.8 Å². The Bertz CT molecular complexity index is 992. The number of nitriles is 1. The molecular weight excluding hydrogens is 514 g/mol. The summed E-state index contributed by atoms with van der Waals surface area (Å²) < 4.78 is 15.7. The number of methoxy groups -OCH3 is 1. The van der Waals surface area contributed by atoms with Gasteiger partial charge in [-0.15, -0.1) is 0 Å². The molecule has 6 aliphatic rings. The fraction of sp³-hybridized carbons (Fsp3) is 0.839. The highest BCUT2D eigenvalue weighted by Crippen LogP contribution is 2.65. The number of esters is 2. The number of carbonyl (C=O) groups is 4. The Labute approximate surface area is 238 Å². The van der Waals surface area contributed by atoms with E-state index in [1.54, 1.807) is 0 Å². The predicted molar refractivity (Wildman–Crippen MR) is 145 cm³/mol. The summed E-state index contributed by atoms with van der Waals surface area (Å²) in [6, 6.07) is 2.40. The number of ether oxygens (including phenoxy) is 3. The molecule has 0 heterocycles. The standard InChI is InChI=1S/C17H24O6.C8H11N.C6H12O2/c1-3-11(2)13(19)23-17-6-12-4-15(8-17,14(20)21)7-16(5-12,9-17)22-10-18;9-5-8-4-6-1-2-7(8)3-6;1-4-5(2)6(7)8-3/h10-12H,3-9H2,1-2H3,(H,20,21);6-8H,1-4H2;5H,4H2,1-3H3. The molecule has 0 spiro atoms. The van der Waals surface area contributed by atoms with E-state index in [4.69, 9.17) is 14.7 Å². The smallest absolute Gasteiger partial charge is 0.309 e. The van der Waals surface area contributed by atoms with Crippen molar-refractivity contribution in [3.8, 4) is 6.07 Å². The average molecular weight is 562 g/mol. The molecule has 6 bridgehead atoms. The SMILES string of the molecule is CCC(C)C(=O)OC.CCC(C)C(=O)OC12CC3CC(OC=O)(C1)CC(C(=O)O)(C3)C2.N#CC1CC2CCC1C2. The van der Waals surface area contributed by atoms with E-state index in [9.17, 15) is 24.3 Å². The molecule has 9 nitrogen and oxygen atoms in total. The van der Waals surface area contributed by atoms with Crippen LogP contribution in [0.4, 0.5) is 0 Å². The average Bonchev–Trinajstić information content (AvgIpc) is 3.55. The molecule has 0 radical (unpaired) electrons. The molecular formula is C31H47NO8. The zero-order valence-corrected chi connectivity index (χ0v) is 24.8. The molecule has 9 atom stereocenters. The highest BCUT2D eigenvalue weighted by Gasteiger charge is 2.69. The van der Waals surface area contributed by atoms with Crippen LogP contribution >= 0.6 is 0 Å². The molecule has 6 fully saturated rings. The minimum atomic E-state index is -0.946. The lowest BCUT2D eigenvalue weighted by molar-refractivity contribution is -0.250. The normalized spacial score (nSPS) is 37.4. The monoisotopic (exact) mass is 561 g/mol. The van der Waals surface area contributed by atoms with Crippen LogP contribution in [0.3, 0.4) is 0 Å². The van der Waals surface area contributed by atoms with Crippen LogP contribution in [0.5, 0.6) is 0 Å². The van der Waals surface area contributed by atoms with Gasteiger partial charge in [0.1, 0.15) is 11.2 Å². The number of carboxylic acid groups (broad SMARTS) is 1. The van der Waals surface area contributed by atoms with Crippen LogP contribution in [0.25, 0.3) is 0 Å². The fourth-order valence-electron chi connectivity index (χ4n) is 8.10. The Morgan fingerprint density at radius 1 is 0.950 bits per heavy atom. The van der Waals surface area contributed by atoms with E-state index in [-0.39, 0.29) is 29.7 Å². The molecule has 0 aromatic carbocycles. The van der Waals surface area contributed by atoms with Crippen LogP contribution in [-0.2, 0) is 33.4 Å². The van der Waals surface area contributed by atoms with Crippen LogP contribution in [0, 0.1) is 52.3 Å². The summed E-state index contributed by atoms with van der Waals surface area (Å²) in [5.74, 6) is 0.843. The highest BCUT2D eigenvalue weighted by atomic mass is 16.6. The molecule has 6 rings (SSSR count). The van der Waals surface area contributed by atoms with Crippen molar-refractivity contribution in [2.24, 2.45) is 40.9 Å². The van der Waals surface area contributed by atoms with Gasteiger partial charge in [0, 0.05) is 25.2 Å². The number of hydrogen-bond donors (Lipinski definition) is 1. The Kier molecular flexibility index (Phi) is 10.3. The molecule has 6 aliphatic carbocycles. The topological polar surface area (TPSA) is 140 Å². The third kappa shape index (κ3) is 6.80. The molecule has 0 aromatic heterocycles. The molecule has 0 aromatic rings. The lowest BCUT2D eigenvalue weighted by Crippen LogP contribution is -2.66. The Hall–Kier alpha value is -2.63. The van der Waals surface area contributed by atoms with Gasteiger partial charge in [-0.05, 0) is 69.1 Å². The van der Waals surface area contributed by atoms with Crippen molar-refractivity contribution in [2.45, 2.75) is 116 Å². The minimum Gasteiger partial charge on any atom is -0.481 e. The largest absolute Gasteiger partial charge is 0.481 e. The zero-order chi connectivity index (χ0) is 29.7. The van der Waals surface area contributed by atoms with Crippen molar-refractivity contribution in [2.75, 3.05) is 7.11 Å². The van der Waals surface area contributed by atoms with Crippen molar-refractivity contribution < 1.29 is 38.5 Å². The molecule has 224 valence electrons. The van der Waals surface area contributed by atoms with Crippen molar-refractivity contribution in [1.29, 1.82) is 5.26 Å². The molecule has 40 heavy (non-hydrogen) atoms. The molecule has 6 saturated carbocycles. The molecule has 0 aliphatic heterocycles. The van der Waals surface area contributed by atoms with Gasteiger partial charge in [-0.3, -0.25) is 19.2 Å². The van der Waals surface area contributed by atoms with Gasteiger partial charge in [-0.2, -0.15) is 5.26 Å². The van der Waals surface area contributed by atoms with Gasteiger partial charge in [-0.1, -0.05) is 34.1 Å². The van der Waals surface area contributed by atoms with E-state index >= 15 is 0 Å². The Morgan fingerprint density at radius 2 is 1.57 bits per heavy atom. The Morgan fingerprint density at radius 3 is 2.02 bits per heavy atom. The van der Waals surface area contributed by atoms with E-state index in [1.165, 1.54) is 32.8 Å². The van der Waals surface area contributed by atoms with Gasteiger partial charge >= 0.3 is 17.9 Å². The van der Waals surface area contributed by atoms with Gasteiger partial charge < -0.3 is 19.3 Å². The quantitative estimate of drug-likeness (QED) is 0.233. The van der Waals surface area contributed by atoms with Gasteiger partial charge in [0.05, 0.1) is 30.4 Å². The second-order valence-electron chi connectivity index (χ2n) is 13.1. The number of carbonyl (C=O) groups excluding carboxylic acids is 3. The molecule has 9 unspecified atom stereocenters. The number of carboxylic acids is 1. The summed E-state index contributed by atoms with van der Waals surface area (Å²) in [6.07, 6.45) is 9.85. The van der Waals surface area contributed by atoms with Crippen molar-refractivity contribution in [3.05, 3.63) is 0 Å². The van der Waals surface area contributed by atoms with E-state index in [0.717, 1.165) is 18.3 Å². The second kappa shape index (κ2) is 12.9. The van der Waals surface area contributed by atoms with E-state index in [0.29, 0.717) is 57.3 Å². The number of aliphatic carboxylic acids is 1. The summed E-state index contributed by atoms with van der Waals surface area (Å²) in [5.41, 5.74) is -2.55. The molecule has 0 amide bonds. The third-order valence-electron chi connectivity index (χ3n) is 10.2. The summed E-state index contributed by atoms with van der Waals surface area (Å²) >= 11 is 0. The van der Waals surface area contributed by atoms with E-state index in [2.05, 4.69) is 10.8 Å². The zero-order valence-electron chi connectivity index (χ0n) is 24.8. The first-order valence-corrected chi connectivity index (χ1v) is 14.9. The number of rotatable bonds is 8. The van der Waals surface area contributed by atoms with E-state index in [1.807, 2.05) is 27.7 Å². The maximum Gasteiger partial charge on any atom is 0.309 e. The van der Waals surface area contributed by atoms with E-state index < -0.39 is 22.6 Å². The maximum atomic E-state index is 12.3. The van der Waals surface area contributed by atoms with Crippen LogP contribution < -0.4 is 0 Å². The van der Waals surface area contributed by atoms with Gasteiger partial charge in [-0.25, -0.2) is 0 Å². The fourth-order valence-corrected chi connectivity index (χ4v) is 8.10. The van der Waals surface area contributed by atoms with Gasteiger partial charge in [0.15, 0.2) is 0 Å². The molecule has 0 saturated heterocycles. The minimum absolute atomic E-state index is 0.0556. The summed E-state index contributed by atoms with van der Waals surface area (Å²) in [7, 11) is 1.41. The maximum absolute atomic E-state index is 12.3. The first-order chi connectivity index (χ1) is 18.9. The second-order valence-corrected chi connectivity index (χ2v) is 13.1. The van der Waals surface area contributed by atoms with Gasteiger partial charge in [0.2, 0.25) is 0 Å². The lowest BCUT2D eigenvalue weighted by Gasteiger charge is -2.63. The Balaban J connectivity index is 0.000000211. The number of fused-ring (bicyclic) bond motifs is 2. The molecule has 9 heteroatoms. The summed E-state index contributed by atoms with van der Waals surface area (Å²) in [6.45, 7) is 7.95. The first-order valence-electron chi connectivity index (χ1n) is 14.9. The highest BCUT2D eigenvalue weighted by molar-refractivity contribution is 5.77.